The van der Waals surface area contributed by atoms with Crippen molar-refractivity contribution < 1.29 is 19.1 Å². The van der Waals surface area contributed by atoms with E-state index in [0.717, 1.165) is 22.6 Å². The van der Waals surface area contributed by atoms with Crippen LogP contribution in [0.25, 0.3) is 0 Å². The Kier molecular flexibility index (Phi) is 8.07. The average Bonchev–Trinajstić information content (AvgIpc) is 2.72. The summed E-state index contributed by atoms with van der Waals surface area (Å²) in [6.45, 7) is 4.43. The summed E-state index contributed by atoms with van der Waals surface area (Å²) in [5, 5.41) is 5.52. The summed E-state index contributed by atoms with van der Waals surface area (Å²) in [5.74, 6) is 1.11. The van der Waals surface area contributed by atoms with E-state index in [4.69, 9.17) is 9.47 Å². The monoisotopic (exact) mass is 398 g/mol. The maximum Gasteiger partial charge on any atom is 0.239 e. The van der Waals surface area contributed by atoms with Crippen molar-refractivity contribution in [2.24, 2.45) is 0 Å². The summed E-state index contributed by atoms with van der Waals surface area (Å²) in [7, 11) is 3.21. The topological polar surface area (TPSA) is 76.7 Å². The smallest absolute Gasteiger partial charge is 0.239 e. The Hall–Kier alpha value is -3.02. The van der Waals surface area contributed by atoms with Gasteiger partial charge in [0.05, 0.1) is 20.8 Å². The van der Waals surface area contributed by atoms with Crippen LogP contribution < -0.4 is 20.1 Å². The second-order valence-corrected chi connectivity index (χ2v) is 7.48. The number of carbonyl (C=O) groups is 2. The van der Waals surface area contributed by atoms with E-state index in [-0.39, 0.29) is 23.8 Å². The number of nitrogens with one attached hydrogen (secondary N) is 2. The first-order valence-electron chi connectivity index (χ1n) is 9.65. The molecule has 2 amide bonds. The lowest BCUT2D eigenvalue weighted by atomic mass is 9.81. The summed E-state index contributed by atoms with van der Waals surface area (Å²) >= 11 is 0. The Balaban J connectivity index is 1.77. The first-order chi connectivity index (χ1) is 13.9. The van der Waals surface area contributed by atoms with Gasteiger partial charge in [0.1, 0.15) is 11.5 Å². The van der Waals surface area contributed by atoms with Gasteiger partial charge in [-0.05, 0) is 41.2 Å². The number of amides is 2. The lowest BCUT2D eigenvalue weighted by molar-refractivity contribution is -0.126. The van der Waals surface area contributed by atoms with Crippen LogP contribution in [0.3, 0.4) is 0 Å². The molecule has 6 nitrogen and oxygen atoms in total. The van der Waals surface area contributed by atoms with Gasteiger partial charge in [-0.15, -0.1) is 0 Å². The standard InChI is InChI=1S/C23H30N2O4/c1-23(2,18-8-6-5-7-9-18)15-21(26)25-16-22(27)24-13-12-17-14-19(28-3)10-11-20(17)29-4/h5-11,14H,12-13,15-16H2,1-4H3,(H,24,27)(H,25,26). The average molecular weight is 399 g/mol. The maximum atomic E-state index is 12.3. The van der Waals surface area contributed by atoms with E-state index >= 15 is 0 Å². The molecule has 2 aromatic carbocycles. The molecule has 6 heteroatoms. The molecular formula is C23H30N2O4. The third kappa shape index (κ3) is 6.82. The fourth-order valence-corrected chi connectivity index (χ4v) is 3.11. The molecule has 0 aromatic heterocycles. The normalized spacial score (nSPS) is 10.9. The predicted molar refractivity (Wildman–Crippen MR) is 113 cm³/mol. The number of rotatable bonds is 10. The second kappa shape index (κ2) is 10.5. The first kappa shape index (κ1) is 22.3. The van der Waals surface area contributed by atoms with Crippen molar-refractivity contribution in [3.05, 3.63) is 59.7 Å². The van der Waals surface area contributed by atoms with Crippen molar-refractivity contribution in [2.75, 3.05) is 27.3 Å². The summed E-state index contributed by atoms with van der Waals surface area (Å²) in [5.41, 5.74) is 1.73. The van der Waals surface area contributed by atoms with E-state index in [9.17, 15) is 9.59 Å². The molecule has 0 heterocycles. The minimum Gasteiger partial charge on any atom is -0.497 e. The Morgan fingerprint density at radius 2 is 1.66 bits per heavy atom. The van der Waals surface area contributed by atoms with Gasteiger partial charge in [0.25, 0.3) is 0 Å². The zero-order chi connectivity index (χ0) is 21.3. The zero-order valence-electron chi connectivity index (χ0n) is 17.6. The Morgan fingerprint density at radius 1 is 0.931 bits per heavy atom. The van der Waals surface area contributed by atoms with Gasteiger partial charge in [-0.3, -0.25) is 9.59 Å². The highest BCUT2D eigenvalue weighted by molar-refractivity contribution is 5.85. The molecule has 29 heavy (non-hydrogen) atoms. The highest BCUT2D eigenvalue weighted by Gasteiger charge is 2.24. The minimum absolute atomic E-state index is 0.0427. The molecule has 0 saturated heterocycles. The van der Waals surface area contributed by atoms with E-state index in [1.807, 2.05) is 62.4 Å². The summed E-state index contributed by atoms with van der Waals surface area (Å²) in [6, 6.07) is 15.4. The third-order valence-corrected chi connectivity index (χ3v) is 4.81. The number of benzene rings is 2. The van der Waals surface area contributed by atoms with Gasteiger partial charge >= 0.3 is 0 Å². The van der Waals surface area contributed by atoms with Gasteiger partial charge in [-0.2, -0.15) is 0 Å². The molecule has 0 spiro atoms. The van der Waals surface area contributed by atoms with Crippen LogP contribution in [0.1, 0.15) is 31.4 Å². The van der Waals surface area contributed by atoms with Crippen LogP contribution in [0.15, 0.2) is 48.5 Å². The first-order valence-corrected chi connectivity index (χ1v) is 9.65. The zero-order valence-corrected chi connectivity index (χ0v) is 17.6. The molecular weight excluding hydrogens is 368 g/mol. The number of hydrogen-bond donors (Lipinski definition) is 2. The van der Waals surface area contributed by atoms with Crippen LogP contribution in [0.5, 0.6) is 11.5 Å². The second-order valence-electron chi connectivity index (χ2n) is 7.48. The highest BCUT2D eigenvalue weighted by atomic mass is 16.5. The predicted octanol–water partition coefficient (Wildman–Crippen LogP) is 2.85. The molecule has 2 aromatic rings. The van der Waals surface area contributed by atoms with Gasteiger partial charge in [-0.25, -0.2) is 0 Å². The SMILES string of the molecule is COc1ccc(OC)c(CCNC(=O)CNC(=O)CC(C)(C)c2ccccc2)c1. The molecule has 0 fully saturated rings. The van der Waals surface area contributed by atoms with Crippen molar-refractivity contribution >= 4 is 11.8 Å². The summed E-state index contributed by atoms with van der Waals surface area (Å²) < 4.78 is 10.6. The lowest BCUT2D eigenvalue weighted by Gasteiger charge is -2.24. The van der Waals surface area contributed by atoms with E-state index < -0.39 is 0 Å². The van der Waals surface area contributed by atoms with E-state index in [1.54, 1.807) is 14.2 Å². The molecule has 2 rings (SSSR count). The van der Waals surface area contributed by atoms with Crippen molar-refractivity contribution in [1.82, 2.24) is 10.6 Å². The van der Waals surface area contributed by atoms with Crippen molar-refractivity contribution in [2.45, 2.75) is 32.1 Å². The highest BCUT2D eigenvalue weighted by Crippen LogP contribution is 2.26. The molecule has 2 N–H and O–H groups in total. The van der Waals surface area contributed by atoms with E-state index in [0.29, 0.717) is 19.4 Å². The molecule has 0 saturated carbocycles. The van der Waals surface area contributed by atoms with Crippen molar-refractivity contribution in [1.29, 1.82) is 0 Å². The minimum atomic E-state index is -0.301. The van der Waals surface area contributed by atoms with Gasteiger partial charge in [-0.1, -0.05) is 44.2 Å². The molecule has 156 valence electrons. The van der Waals surface area contributed by atoms with Gasteiger partial charge < -0.3 is 20.1 Å². The molecule has 0 atom stereocenters. The summed E-state index contributed by atoms with van der Waals surface area (Å²) in [4.78, 5) is 24.3. The Bertz CT molecular complexity index is 819. The number of methoxy groups -OCH3 is 2. The number of ether oxygens (including phenoxy) is 2. The van der Waals surface area contributed by atoms with Gasteiger partial charge in [0.2, 0.25) is 11.8 Å². The van der Waals surface area contributed by atoms with Crippen LogP contribution in [0.2, 0.25) is 0 Å². The van der Waals surface area contributed by atoms with Crippen LogP contribution in [-0.4, -0.2) is 39.1 Å². The largest absolute Gasteiger partial charge is 0.497 e. The van der Waals surface area contributed by atoms with E-state index in [1.165, 1.54) is 0 Å². The van der Waals surface area contributed by atoms with Crippen LogP contribution in [0.4, 0.5) is 0 Å². The maximum absolute atomic E-state index is 12.3. The molecule has 0 radical (unpaired) electrons. The number of hydrogen-bond acceptors (Lipinski definition) is 4. The van der Waals surface area contributed by atoms with Crippen molar-refractivity contribution in [3.8, 4) is 11.5 Å². The van der Waals surface area contributed by atoms with Gasteiger partial charge in [0.15, 0.2) is 0 Å². The third-order valence-electron chi connectivity index (χ3n) is 4.81. The van der Waals surface area contributed by atoms with Crippen LogP contribution in [0, 0.1) is 0 Å². The van der Waals surface area contributed by atoms with Crippen LogP contribution in [-0.2, 0) is 21.4 Å². The van der Waals surface area contributed by atoms with Gasteiger partial charge in [0, 0.05) is 13.0 Å². The Labute approximate surface area is 172 Å². The van der Waals surface area contributed by atoms with Crippen LogP contribution >= 0.6 is 0 Å². The van der Waals surface area contributed by atoms with E-state index in [2.05, 4.69) is 10.6 Å². The number of carbonyl (C=O) groups excluding carboxylic acids is 2. The molecule has 0 bridgehead atoms. The fourth-order valence-electron chi connectivity index (χ4n) is 3.11. The van der Waals surface area contributed by atoms with Crippen molar-refractivity contribution in [3.63, 3.8) is 0 Å². The lowest BCUT2D eigenvalue weighted by Crippen LogP contribution is -2.39. The molecule has 0 aliphatic carbocycles. The summed E-state index contributed by atoms with van der Waals surface area (Å²) in [6.07, 6.45) is 0.909. The molecule has 0 unspecified atom stereocenters. The molecule has 0 aliphatic heterocycles. The molecule has 0 aliphatic rings. The Morgan fingerprint density at radius 3 is 2.31 bits per heavy atom. The quantitative estimate of drug-likeness (QED) is 0.645. The fraction of sp³-hybridized carbons (Fsp3) is 0.391.